The lowest BCUT2D eigenvalue weighted by Gasteiger charge is -2.24. The topological polar surface area (TPSA) is 80.8 Å². The summed E-state index contributed by atoms with van der Waals surface area (Å²) in [5, 5.41) is 0. The molecule has 1 heterocycles. The van der Waals surface area contributed by atoms with Crippen LogP contribution in [0.2, 0.25) is 0 Å². The fourth-order valence-corrected chi connectivity index (χ4v) is 3.84. The number of nitrogens with zero attached hydrogens (tertiary/aromatic N) is 1. The van der Waals surface area contributed by atoms with Gasteiger partial charge < -0.3 is 4.74 Å². The molecule has 6 nitrogen and oxygen atoms in total. The summed E-state index contributed by atoms with van der Waals surface area (Å²) in [5.74, 6) is -2.25. The third-order valence-corrected chi connectivity index (χ3v) is 5.86. The first-order chi connectivity index (χ1) is 15.9. The average molecular weight is 441 g/mol. The lowest BCUT2D eigenvalue weighted by Crippen LogP contribution is -2.47. The zero-order chi connectivity index (χ0) is 23.5. The number of carbonyl (C=O) groups is 4. The Labute approximate surface area is 191 Å². The van der Waals surface area contributed by atoms with Crippen molar-refractivity contribution in [1.29, 1.82) is 0 Å². The Morgan fingerprint density at radius 2 is 1.42 bits per heavy atom. The first-order valence-corrected chi connectivity index (χ1v) is 10.6. The van der Waals surface area contributed by atoms with Crippen LogP contribution in [0.1, 0.15) is 47.8 Å². The van der Waals surface area contributed by atoms with Crippen LogP contribution in [0.15, 0.2) is 72.8 Å². The maximum atomic E-state index is 13.1. The highest BCUT2D eigenvalue weighted by atomic mass is 16.5. The summed E-state index contributed by atoms with van der Waals surface area (Å²) < 4.78 is 5.34. The number of hydrogen-bond donors (Lipinski definition) is 0. The van der Waals surface area contributed by atoms with Crippen molar-refractivity contribution in [2.24, 2.45) is 0 Å². The van der Waals surface area contributed by atoms with Gasteiger partial charge in [-0.3, -0.25) is 19.3 Å². The van der Waals surface area contributed by atoms with Gasteiger partial charge in [0.2, 0.25) is 0 Å². The number of Topliss-reactive ketones (excluding diaryl/α,β-unsaturated/α-hetero) is 1. The summed E-state index contributed by atoms with van der Waals surface area (Å²) in [6.45, 7) is 3.37. The third-order valence-electron chi connectivity index (χ3n) is 5.86. The van der Waals surface area contributed by atoms with E-state index in [2.05, 4.69) is 0 Å². The molecule has 0 fully saturated rings. The van der Waals surface area contributed by atoms with Crippen molar-refractivity contribution in [2.75, 3.05) is 6.61 Å². The van der Waals surface area contributed by atoms with E-state index < -0.39 is 30.4 Å². The third kappa shape index (κ3) is 4.46. The van der Waals surface area contributed by atoms with Crippen LogP contribution in [0.3, 0.4) is 0 Å². The van der Waals surface area contributed by atoms with Crippen LogP contribution in [0.4, 0.5) is 0 Å². The SMILES string of the molecule is Cc1ccc(C(=O)COC(=O)[C@H](Cc2ccccc2)N2C(=O)c3ccccc3C2=O)cc1C. The van der Waals surface area contributed by atoms with Crippen LogP contribution < -0.4 is 0 Å². The van der Waals surface area contributed by atoms with Crippen LogP contribution in [0.5, 0.6) is 0 Å². The summed E-state index contributed by atoms with van der Waals surface area (Å²) in [6, 6.07) is 19.6. The number of imide groups is 1. The van der Waals surface area contributed by atoms with Crippen molar-refractivity contribution in [3.05, 3.63) is 106 Å². The molecule has 3 aromatic rings. The number of esters is 1. The van der Waals surface area contributed by atoms with Crippen molar-refractivity contribution < 1.29 is 23.9 Å². The van der Waals surface area contributed by atoms with E-state index in [0.717, 1.165) is 21.6 Å². The summed E-state index contributed by atoms with van der Waals surface area (Å²) in [6.07, 6.45) is 0.0863. The molecule has 1 atom stereocenters. The van der Waals surface area contributed by atoms with Crippen molar-refractivity contribution in [3.8, 4) is 0 Å². The monoisotopic (exact) mass is 441 g/mol. The van der Waals surface area contributed by atoms with E-state index >= 15 is 0 Å². The highest BCUT2D eigenvalue weighted by Crippen LogP contribution is 2.26. The van der Waals surface area contributed by atoms with E-state index in [1.54, 1.807) is 48.5 Å². The molecule has 0 aromatic heterocycles. The summed E-state index contributed by atoms with van der Waals surface area (Å²) >= 11 is 0. The lowest BCUT2D eigenvalue weighted by atomic mass is 10.0. The average Bonchev–Trinajstić information content (AvgIpc) is 3.08. The summed E-state index contributed by atoms with van der Waals surface area (Å²) in [5.41, 5.74) is 3.71. The van der Waals surface area contributed by atoms with Gasteiger partial charge in [0.25, 0.3) is 11.8 Å². The van der Waals surface area contributed by atoms with Gasteiger partial charge in [-0.2, -0.15) is 0 Å². The van der Waals surface area contributed by atoms with Crippen molar-refractivity contribution in [1.82, 2.24) is 4.90 Å². The Kier molecular flexibility index (Phi) is 6.18. The van der Waals surface area contributed by atoms with Crippen LogP contribution in [0, 0.1) is 13.8 Å². The van der Waals surface area contributed by atoms with Crippen molar-refractivity contribution in [3.63, 3.8) is 0 Å². The number of ketones is 1. The minimum absolute atomic E-state index is 0.0863. The highest BCUT2D eigenvalue weighted by Gasteiger charge is 2.43. The number of aryl methyl sites for hydroxylation is 2. The van der Waals surface area contributed by atoms with Gasteiger partial charge in [0, 0.05) is 12.0 Å². The Balaban J connectivity index is 1.56. The van der Waals surface area contributed by atoms with Gasteiger partial charge in [-0.15, -0.1) is 0 Å². The van der Waals surface area contributed by atoms with Gasteiger partial charge in [-0.05, 0) is 48.7 Å². The number of amides is 2. The minimum Gasteiger partial charge on any atom is -0.456 e. The normalized spacial score (nSPS) is 13.6. The molecule has 4 rings (SSSR count). The molecule has 0 N–H and O–H groups in total. The van der Waals surface area contributed by atoms with Crippen LogP contribution in [-0.4, -0.2) is 41.1 Å². The molecule has 0 saturated carbocycles. The highest BCUT2D eigenvalue weighted by molar-refractivity contribution is 6.22. The number of benzene rings is 3. The summed E-state index contributed by atoms with van der Waals surface area (Å²) in [4.78, 5) is 52.7. The van der Waals surface area contributed by atoms with E-state index in [4.69, 9.17) is 4.74 Å². The molecule has 0 bridgehead atoms. The summed E-state index contributed by atoms with van der Waals surface area (Å²) in [7, 11) is 0. The standard InChI is InChI=1S/C27H23NO5/c1-17-12-13-20(14-18(17)2)24(29)16-33-27(32)23(15-19-8-4-3-5-9-19)28-25(30)21-10-6-7-11-22(21)26(28)31/h3-14,23H,15-16H2,1-2H3/t23-/m0/s1. The molecule has 2 amide bonds. The molecule has 0 radical (unpaired) electrons. The van der Waals surface area contributed by atoms with Gasteiger partial charge >= 0.3 is 5.97 Å². The number of fused-ring (bicyclic) bond motifs is 1. The first kappa shape index (κ1) is 22.1. The van der Waals surface area contributed by atoms with Crippen molar-refractivity contribution in [2.45, 2.75) is 26.3 Å². The molecule has 0 unspecified atom stereocenters. The Bertz CT molecular complexity index is 1210. The molecule has 0 spiro atoms. The number of carbonyl (C=O) groups excluding carboxylic acids is 4. The molecule has 3 aromatic carbocycles. The fourth-order valence-electron chi connectivity index (χ4n) is 3.84. The van der Waals surface area contributed by atoms with Crippen LogP contribution in [-0.2, 0) is 16.0 Å². The van der Waals surface area contributed by atoms with Crippen LogP contribution in [0.25, 0.3) is 0 Å². The quantitative estimate of drug-likeness (QED) is 0.315. The predicted octanol–water partition coefficient (Wildman–Crippen LogP) is 3.94. The Morgan fingerprint density at radius 1 is 0.818 bits per heavy atom. The van der Waals surface area contributed by atoms with Gasteiger partial charge in [0.05, 0.1) is 11.1 Å². The molecule has 6 heteroatoms. The molecule has 0 aliphatic carbocycles. The fraction of sp³-hybridized carbons (Fsp3) is 0.185. The maximum Gasteiger partial charge on any atom is 0.330 e. The molecular formula is C27H23NO5. The smallest absolute Gasteiger partial charge is 0.330 e. The lowest BCUT2D eigenvalue weighted by molar-refractivity contribution is -0.147. The number of hydrogen-bond acceptors (Lipinski definition) is 5. The zero-order valence-corrected chi connectivity index (χ0v) is 18.4. The van der Waals surface area contributed by atoms with Gasteiger partial charge in [-0.1, -0.05) is 54.6 Å². The first-order valence-electron chi connectivity index (χ1n) is 10.6. The van der Waals surface area contributed by atoms with E-state index in [-0.39, 0.29) is 23.3 Å². The van der Waals surface area contributed by atoms with Gasteiger partial charge in [0.15, 0.2) is 12.4 Å². The van der Waals surface area contributed by atoms with E-state index in [9.17, 15) is 19.2 Å². The molecule has 0 saturated heterocycles. The predicted molar refractivity (Wildman–Crippen MR) is 122 cm³/mol. The zero-order valence-electron chi connectivity index (χ0n) is 18.4. The van der Waals surface area contributed by atoms with Crippen LogP contribution >= 0.6 is 0 Å². The van der Waals surface area contributed by atoms with Crippen molar-refractivity contribution >= 4 is 23.6 Å². The number of rotatable bonds is 7. The molecular weight excluding hydrogens is 418 g/mol. The van der Waals surface area contributed by atoms with E-state index in [1.807, 2.05) is 38.1 Å². The maximum absolute atomic E-state index is 13.1. The number of ether oxygens (including phenoxy) is 1. The second-order valence-electron chi connectivity index (χ2n) is 8.06. The minimum atomic E-state index is -1.19. The second-order valence-corrected chi connectivity index (χ2v) is 8.06. The molecule has 166 valence electrons. The largest absolute Gasteiger partial charge is 0.456 e. The van der Waals surface area contributed by atoms with Gasteiger partial charge in [-0.25, -0.2) is 4.79 Å². The van der Waals surface area contributed by atoms with E-state index in [0.29, 0.717) is 5.56 Å². The Morgan fingerprint density at radius 3 is 2.03 bits per heavy atom. The molecule has 1 aliphatic heterocycles. The molecule has 1 aliphatic rings. The molecule has 33 heavy (non-hydrogen) atoms. The van der Waals surface area contributed by atoms with E-state index in [1.165, 1.54) is 0 Å². The second kappa shape index (κ2) is 9.20. The van der Waals surface area contributed by atoms with Gasteiger partial charge in [0.1, 0.15) is 6.04 Å². The Hall–Kier alpha value is -4.06.